The molecule has 1 atom stereocenters. The second-order valence-corrected chi connectivity index (χ2v) is 4.74. The van der Waals surface area contributed by atoms with Crippen molar-refractivity contribution >= 4 is 0 Å². The number of aromatic nitrogens is 1. The second kappa shape index (κ2) is 7.05. The van der Waals surface area contributed by atoms with E-state index in [9.17, 15) is 0 Å². The molecule has 0 aliphatic rings. The van der Waals surface area contributed by atoms with E-state index in [1.54, 1.807) is 0 Å². The molecule has 1 aromatic heterocycles. The lowest BCUT2D eigenvalue weighted by molar-refractivity contribution is 0.615. The Morgan fingerprint density at radius 2 is 1.84 bits per heavy atom. The van der Waals surface area contributed by atoms with Gasteiger partial charge in [0.05, 0.1) is 11.7 Å². The lowest BCUT2D eigenvalue weighted by Crippen LogP contribution is -2.22. The van der Waals surface area contributed by atoms with Crippen LogP contribution in [0.25, 0.3) is 0 Å². The van der Waals surface area contributed by atoms with Crippen LogP contribution in [-0.4, -0.2) is 11.5 Å². The fourth-order valence-electron chi connectivity index (χ4n) is 2.31. The molecule has 0 saturated heterocycles. The molecule has 100 valence electrons. The summed E-state index contributed by atoms with van der Waals surface area (Å²) < 4.78 is 0. The van der Waals surface area contributed by atoms with Crippen molar-refractivity contribution in [2.75, 3.05) is 6.54 Å². The normalized spacial score (nSPS) is 12.3. The van der Waals surface area contributed by atoms with Crippen LogP contribution in [0.1, 0.15) is 43.1 Å². The average molecular weight is 254 g/mol. The van der Waals surface area contributed by atoms with Gasteiger partial charge in [-0.25, -0.2) is 0 Å². The molecule has 0 radical (unpaired) electrons. The molecule has 1 N–H and O–H groups in total. The first-order valence-electron chi connectivity index (χ1n) is 7.08. The fourth-order valence-corrected chi connectivity index (χ4v) is 2.31. The summed E-state index contributed by atoms with van der Waals surface area (Å²) in [5.74, 6) is 0. The summed E-state index contributed by atoms with van der Waals surface area (Å²) in [6.07, 6.45) is 4.19. The van der Waals surface area contributed by atoms with E-state index in [1.165, 1.54) is 17.5 Å². The monoisotopic (exact) mass is 254 g/mol. The zero-order valence-electron chi connectivity index (χ0n) is 11.8. The molecule has 2 nitrogen and oxygen atoms in total. The third kappa shape index (κ3) is 3.65. The fraction of sp³-hybridized carbons (Fsp3) is 0.353. The first kappa shape index (κ1) is 13.8. The van der Waals surface area contributed by atoms with Gasteiger partial charge in [-0.2, -0.15) is 0 Å². The zero-order chi connectivity index (χ0) is 13.5. The predicted octanol–water partition coefficient (Wildman–Crippen LogP) is 3.73. The molecule has 0 fully saturated rings. The average Bonchev–Trinajstić information content (AvgIpc) is 2.47. The lowest BCUT2D eigenvalue weighted by Gasteiger charge is -2.18. The van der Waals surface area contributed by atoms with E-state index in [0.717, 1.165) is 18.7 Å². The maximum atomic E-state index is 4.47. The highest BCUT2D eigenvalue weighted by atomic mass is 14.9. The number of benzene rings is 1. The summed E-state index contributed by atoms with van der Waals surface area (Å²) in [4.78, 5) is 4.47. The van der Waals surface area contributed by atoms with E-state index >= 15 is 0 Å². The molecular weight excluding hydrogens is 232 g/mol. The Kier molecular flexibility index (Phi) is 5.10. The van der Waals surface area contributed by atoms with Gasteiger partial charge in [-0.15, -0.1) is 0 Å². The first-order chi connectivity index (χ1) is 9.35. The van der Waals surface area contributed by atoms with Gasteiger partial charge in [-0.1, -0.05) is 50.6 Å². The maximum Gasteiger partial charge on any atom is 0.0751 e. The minimum Gasteiger partial charge on any atom is -0.305 e. The van der Waals surface area contributed by atoms with Crippen molar-refractivity contribution < 1.29 is 0 Å². The zero-order valence-corrected chi connectivity index (χ0v) is 11.8. The Bertz CT molecular complexity index is 476. The maximum absolute atomic E-state index is 4.47. The number of pyridine rings is 1. The van der Waals surface area contributed by atoms with Gasteiger partial charge in [0.25, 0.3) is 0 Å². The van der Waals surface area contributed by atoms with E-state index in [2.05, 4.69) is 54.5 Å². The summed E-state index contributed by atoms with van der Waals surface area (Å²) in [5, 5.41) is 3.50. The van der Waals surface area contributed by atoms with Gasteiger partial charge in [-0.3, -0.25) is 4.98 Å². The van der Waals surface area contributed by atoms with Gasteiger partial charge in [0.1, 0.15) is 0 Å². The smallest absolute Gasteiger partial charge is 0.0751 e. The molecule has 2 heteroatoms. The van der Waals surface area contributed by atoms with Crippen LogP contribution in [0, 0.1) is 0 Å². The Labute approximate surface area is 115 Å². The van der Waals surface area contributed by atoms with Crippen molar-refractivity contribution in [2.24, 2.45) is 0 Å². The van der Waals surface area contributed by atoms with Crippen LogP contribution in [-0.2, 0) is 6.42 Å². The highest BCUT2D eigenvalue weighted by molar-refractivity contribution is 5.30. The molecule has 0 spiro atoms. The molecule has 0 aliphatic carbocycles. The molecule has 0 saturated carbocycles. The SMILES string of the molecule is CCCc1ccc(C(NCC)c2ccccn2)cc1. The minimum absolute atomic E-state index is 0.182. The van der Waals surface area contributed by atoms with Crippen molar-refractivity contribution in [1.29, 1.82) is 0 Å². The molecule has 1 unspecified atom stereocenters. The third-order valence-corrected chi connectivity index (χ3v) is 3.24. The summed E-state index contributed by atoms with van der Waals surface area (Å²) in [6.45, 7) is 5.27. The summed E-state index contributed by atoms with van der Waals surface area (Å²) in [6, 6.07) is 15.1. The number of nitrogens with zero attached hydrogens (tertiary/aromatic N) is 1. The molecular formula is C17H22N2. The van der Waals surface area contributed by atoms with Crippen molar-refractivity contribution in [3.63, 3.8) is 0 Å². The third-order valence-electron chi connectivity index (χ3n) is 3.24. The van der Waals surface area contributed by atoms with Gasteiger partial charge in [0.15, 0.2) is 0 Å². The highest BCUT2D eigenvalue weighted by Crippen LogP contribution is 2.20. The Hall–Kier alpha value is -1.67. The molecule has 0 bridgehead atoms. The van der Waals surface area contributed by atoms with Gasteiger partial charge < -0.3 is 5.32 Å². The topological polar surface area (TPSA) is 24.9 Å². The van der Waals surface area contributed by atoms with Crippen LogP contribution in [0.2, 0.25) is 0 Å². The van der Waals surface area contributed by atoms with E-state index in [4.69, 9.17) is 0 Å². The van der Waals surface area contributed by atoms with Crippen LogP contribution in [0.4, 0.5) is 0 Å². The molecule has 2 rings (SSSR count). The van der Waals surface area contributed by atoms with E-state index < -0.39 is 0 Å². The van der Waals surface area contributed by atoms with E-state index in [0.29, 0.717) is 0 Å². The Balaban J connectivity index is 2.24. The number of aryl methyl sites for hydroxylation is 1. The molecule has 2 aromatic rings. The van der Waals surface area contributed by atoms with Crippen molar-refractivity contribution in [1.82, 2.24) is 10.3 Å². The van der Waals surface area contributed by atoms with E-state index in [1.807, 2.05) is 18.3 Å². The summed E-state index contributed by atoms with van der Waals surface area (Å²) >= 11 is 0. The van der Waals surface area contributed by atoms with Crippen molar-refractivity contribution in [3.8, 4) is 0 Å². The molecule has 0 amide bonds. The number of nitrogens with one attached hydrogen (secondary N) is 1. The Morgan fingerprint density at radius 3 is 2.42 bits per heavy atom. The number of hydrogen-bond donors (Lipinski definition) is 1. The van der Waals surface area contributed by atoms with Crippen LogP contribution in [0.15, 0.2) is 48.7 Å². The van der Waals surface area contributed by atoms with Crippen LogP contribution in [0.3, 0.4) is 0 Å². The summed E-state index contributed by atoms with van der Waals surface area (Å²) in [7, 11) is 0. The molecule has 1 aromatic carbocycles. The molecule has 1 heterocycles. The minimum atomic E-state index is 0.182. The molecule has 19 heavy (non-hydrogen) atoms. The highest BCUT2D eigenvalue weighted by Gasteiger charge is 2.13. The summed E-state index contributed by atoms with van der Waals surface area (Å²) in [5.41, 5.74) is 3.76. The number of rotatable bonds is 6. The van der Waals surface area contributed by atoms with Crippen LogP contribution >= 0.6 is 0 Å². The lowest BCUT2D eigenvalue weighted by atomic mass is 10.00. The predicted molar refractivity (Wildman–Crippen MR) is 80.2 cm³/mol. The van der Waals surface area contributed by atoms with Gasteiger partial charge in [-0.05, 0) is 36.2 Å². The standard InChI is InChI=1S/C17H22N2/c1-3-7-14-9-11-15(12-10-14)17(18-4-2)16-8-5-6-13-19-16/h5-6,8-13,17-18H,3-4,7H2,1-2H3. The first-order valence-corrected chi connectivity index (χ1v) is 7.08. The Morgan fingerprint density at radius 1 is 1.05 bits per heavy atom. The van der Waals surface area contributed by atoms with Gasteiger partial charge in [0.2, 0.25) is 0 Å². The van der Waals surface area contributed by atoms with Gasteiger partial charge in [0, 0.05) is 6.20 Å². The quantitative estimate of drug-likeness (QED) is 0.849. The molecule has 0 aliphatic heterocycles. The van der Waals surface area contributed by atoms with Crippen LogP contribution < -0.4 is 5.32 Å². The van der Waals surface area contributed by atoms with Crippen molar-refractivity contribution in [3.05, 3.63) is 65.5 Å². The van der Waals surface area contributed by atoms with E-state index in [-0.39, 0.29) is 6.04 Å². The second-order valence-electron chi connectivity index (χ2n) is 4.74. The van der Waals surface area contributed by atoms with Gasteiger partial charge >= 0.3 is 0 Å². The number of hydrogen-bond acceptors (Lipinski definition) is 2. The largest absolute Gasteiger partial charge is 0.305 e. The van der Waals surface area contributed by atoms with Crippen molar-refractivity contribution in [2.45, 2.75) is 32.7 Å². The van der Waals surface area contributed by atoms with Crippen LogP contribution in [0.5, 0.6) is 0 Å².